The van der Waals surface area contributed by atoms with Gasteiger partial charge in [-0.3, -0.25) is 0 Å². The van der Waals surface area contributed by atoms with Crippen LogP contribution in [-0.2, 0) is 0 Å². The van der Waals surface area contributed by atoms with Gasteiger partial charge in [0.15, 0.2) is 0 Å². The Morgan fingerprint density at radius 2 is 1.50 bits per heavy atom. The minimum atomic E-state index is 0. The summed E-state index contributed by atoms with van der Waals surface area (Å²) in [5.74, 6) is 0. The molecule has 26 heavy (non-hydrogen) atoms. The smallest absolute Gasteiger partial charge is 0.206 e. The highest BCUT2D eigenvalue weighted by atomic mass is 35.5. The fraction of sp³-hybridized carbons (Fsp3) is 0.261. The van der Waals surface area contributed by atoms with Gasteiger partial charge in [0, 0.05) is 24.9 Å². The summed E-state index contributed by atoms with van der Waals surface area (Å²) in [7, 11) is 0. The molecule has 0 bridgehead atoms. The van der Waals surface area contributed by atoms with Crippen molar-refractivity contribution in [2.24, 2.45) is 0 Å². The number of allylic oxidation sites excluding steroid dienone is 3. The Morgan fingerprint density at radius 3 is 2.12 bits per heavy atom. The van der Waals surface area contributed by atoms with Gasteiger partial charge in [0.1, 0.15) is 6.54 Å². The lowest BCUT2D eigenvalue weighted by atomic mass is 9.90. The fourth-order valence-electron chi connectivity index (χ4n) is 3.34. The fourth-order valence-corrected chi connectivity index (χ4v) is 3.34. The quantitative estimate of drug-likeness (QED) is 0.817. The van der Waals surface area contributed by atoms with E-state index >= 15 is 0 Å². The molecule has 0 saturated heterocycles. The van der Waals surface area contributed by atoms with Crippen molar-refractivity contribution in [1.82, 2.24) is 0 Å². The van der Waals surface area contributed by atoms with E-state index in [9.17, 15) is 0 Å². The van der Waals surface area contributed by atoms with E-state index in [4.69, 9.17) is 0 Å². The Labute approximate surface area is 163 Å². The highest BCUT2D eigenvalue weighted by molar-refractivity contribution is 6.14. The third kappa shape index (κ3) is 4.25. The van der Waals surface area contributed by atoms with Crippen molar-refractivity contribution in [2.45, 2.75) is 20.8 Å². The molecule has 2 aromatic carbocycles. The summed E-state index contributed by atoms with van der Waals surface area (Å²) in [5.41, 5.74) is 7.54. The number of nitrogens with zero attached hydrogens (tertiary/aromatic N) is 1. The van der Waals surface area contributed by atoms with E-state index in [0.717, 1.165) is 19.6 Å². The van der Waals surface area contributed by atoms with Crippen LogP contribution in [0.5, 0.6) is 0 Å². The van der Waals surface area contributed by atoms with Gasteiger partial charge in [0.2, 0.25) is 5.71 Å². The first kappa shape index (κ1) is 20.0. The van der Waals surface area contributed by atoms with Crippen molar-refractivity contribution < 1.29 is 17.4 Å². The number of halogens is 1. The maximum absolute atomic E-state index is 3.45. The Bertz CT molecular complexity index is 812. The van der Waals surface area contributed by atoms with E-state index in [2.05, 4.69) is 97.4 Å². The van der Waals surface area contributed by atoms with Gasteiger partial charge < -0.3 is 17.3 Å². The summed E-state index contributed by atoms with van der Waals surface area (Å²) >= 11 is 0. The molecule has 0 aliphatic heterocycles. The molecule has 1 N–H and O–H groups in total. The molecule has 0 spiro atoms. The van der Waals surface area contributed by atoms with Crippen molar-refractivity contribution >= 4 is 23.0 Å². The molecule has 0 heterocycles. The maximum atomic E-state index is 3.45. The van der Waals surface area contributed by atoms with E-state index in [1.165, 1.54) is 33.7 Å². The van der Waals surface area contributed by atoms with Crippen LogP contribution < -0.4 is 22.3 Å². The third-order valence-electron chi connectivity index (χ3n) is 4.67. The van der Waals surface area contributed by atoms with Crippen molar-refractivity contribution in [1.29, 1.82) is 0 Å². The van der Waals surface area contributed by atoms with Gasteiger partial charge >= 0.3 is 0 Å². The van der Waals surface area contributed by atoms with Gasteiger partial charge in [0.05, 0.1) is 5.56 Å². The molecular formula is C23H27ClN2. The molecule has 3 heteroatoms. The second kappa shape index (κ2) is 9.40. The molecule has 0 saturated carbocycles. The summed E-state index contributed by atoms with van der Waals surface area (Å²) in [6.45, 7) is 9.53. The van der Waals surface area contributed by atoms with Crippen LogP contribution in [0.2, 0.25) is 0 Å². The van der Waals surface area contributed by atoms with Gasteiger partial charge in [0.25, 0.3) is 0 Å². The van der Waals surface area contributed by atoms with Crippen molar-refractivity contribution in [3.05, 3.63) is 77.4 Å². The first-order valence-electron chi connectivity index (χ1n) is 9.22. The van der Waals surface area contributed by atoms with E-state index in [0.29, 0.717) is 0 Å². The largest absolute Gasteiger partial charge is 1.00 e. The van der Waals surface area contributed by atoms with Crippen LogP contribution in [0, 0.1) is 0 Å². The summed E-state index contributed by atoms with van der Waals surface area (Å²) < 4.78 is 0. The van der Waals surface area contributed by atoms with E-state index < -0.39 is 0 Å². The molecule has 0 fully saturated rings. The van der Waals surface area contributed by atoms with Gasteiger partial charge in [-0.05, 0) is 67.8 Å². The van der Waals surface area contributed by atoms with Gasteiger partial charge in [-0.15, -0.1) is 0 Å². The molecule has 3 rings (SSSR count). The molecule has 0 unspecified atom stereocenters. The number of hydrogen-bond donors (Lipinski definition) is 1. The van der Waals surface area contributed by atoms with Crippen LogP contribution in [0.1, 0.15) is 37.5 Å². The average Bonchev–Trinajstić information content (AvgIpc) is 2.66. The van der Waals surface area contributed by atoms with Gasteiger partial charge in [-0.2, -0.15) is 0 Å². The molecule has 0 aromatic heterocycles. The Morgan fingerprint density at radius 1 is 0.846 bits per heavy atom. The molecule has 2 nitrogen and oxygen atoms in total. The van der Waals surface area contributed by atoms with Crippen molar-refractivity contribution in [2.75, 3.05) is 24.5 Å². The van der Waals surface area contributed by atoms with E-state index in [1.54, 1.807) is 0 Å². The summed E-state index contributed by atoms with van der Waals surface area (Å²) in [4.78, 5) is 5.82. The maximum Gasteiger partial charge on any atom is 0.206 e. The van der Waals surface area contributed by atoms with E-state index in [-0.39, 0.29) is 12.4 Å². The zero-order chi connectivity index (χ0) is 17.6. The highest BCUT2D eigenvalue weighted by Gasteiger charge is 2.17. The van der Waals surface area contributed by atoms with Crippen LogP contribution in [0.3, 0.4) is 0 Å². The van der Waals surface area contributed by atoms with Crippen molar-refractivity contribution in [3.8, 4) is 0 Å². The van der Waals surface area contributed by atoms with Crippen LogP contribution in [0.25, 0.3) is 11.6 Å². The number of benzene rings is 2. The minimum absolute atomic E-state index is 0. The summed E-state index contributed by atoms with van der Waals surface area (Å²) in [6, 6.07) is 17.5. The standard InChI is InChI=1S/C23H26N2.ClH/c1-4-24-23-16-13-19(21-9-7-8-10-22(21)23)17-18-11-14-20(15-12-18)25(5-2)6-3;/h7-17H,4-6H2,1-3H3;1H. The lowest BCUT2D eigenvalue weighted by Gasteiger charge is -2.21. The molecular weight excluding hydrogens is 340 g/mol. The minimum Gasteiger partial charge on any atom is -1.00 e. The second-order valence-electron chi connectivity index (χ2n) is 6.19. The lowest BCUT2D eigenvalue weighted by molar-refractivity contribution is -0.450. The second-order valence-corrected chi connectivity index (χ2v) is 6.19. The average molecular weight is 367 g/mol. The SMILES string of the molecule is CC[NH+]=C1C=CC(=Cc2ccc(N(CC)CC)cc2)c2ccccc21.[Cl-]. The molecule has 1 aliphatic carbocycles. The van der Waals surface area contributed by atoms with Gasteiger partial charge in [-0.25, -0.2) is 4.99 Å². The number of hydrogen-bond acceptors (Lipinski definition) is 1. The zero-order valence-corrected chi connectivity index (χ0v) is 16.6. The number of anilines is 1. The normalized spacial score (nSPS) is 15.7. The van der Waals surface area contributed by atoms with Crippen LogP contribution in [0.4, 0.5) is 5.69 Å². The van der Waals surface area contributed by atoms with Crippen LogP contribution in [-0.4, -0.2) is 25.3 Å². The summed E-state index contributed by atoms with van der Waals surface area (Å²) in [6.07, 6.45) is 6.66. The number of nitrogens with one attached hydrogen (secondary N) is 1. The molecule has 136 valence electrons. The molecule has 1 aliphatic rings. The highest BCUT2D eigenvalue weighted by Crippen LogP contribution is 2.27. The lowest BCUT2D eigenvalue weighted by Crippen LogP contribution is -3.00. The Balaban J connectivity index is 0.00000243. The monoisotopic (exact) mass is 366 g/mol. The number of rotatable bonds is 5. The molecule has 0 atom stereocenters. The van der Waals surface area contributed by atoms with Crippen LogP contribution >= 0.6 is 0 Å². The van der Waals surface area contributed by atoms with Crippen molar-refractivity contribution in [3.63, 3.8) is 0 Å². The van der Waals surface area contributed by atoms with Gasteiger partial charge in [-0.1, -0.05) is 30.3 Å². The third-order valence-corrected chi connectivity index (χ3v) is 4.67. The predicted molar refractivity (Wildman–Crippen MR) is 109 cm³/mol. The Hall–Kier alpha value is -2.32. The van der Waals surface area contributed by atoms with Crippen LogP contribution in [0.15, 0.2) is 60.7 Å². The number of fused-ring (bicyclic) bond motifs is 1. The first-order chi connectivity index (χ1) is 12.3. The zero-order valence-electron chi connectivity index (χ0n) is 15.8. The first-order valence-corrected chi connectivity index (χ1v) is 9.22. The van der Waals surface area contributed by atoms with E-state index in [1.807, 2.05) is 0 Å². The molecule has 2 aromatic rings. The Kier molecular flexibility index (Phi) is 7.23. The molecule has 0 amide bonds. The predicted octanol–water partition coefficient (Wildman–Crippen LogP) is 0.537. The molecule has 0 radical (unpaired) electrons. The summed E-state index contributed by atoms with van der Waals surface area (Å²) in [5, 5.41) is 0. The topological polar surface area (TPSA) is 17.2 Å².